The number of hydrogen-bond acceptors (Lipinski definition) is 4. The first kappa shape index (κ1) is 13.4. The fourth-order valence-corrected chi connectivity index (χ4v) is 2.55. The molecule has 1 aromatic carbocycles. The maximum Gasteiger partial charge on any atom is 0.350 e. The second kappa shape index (κ2) is 5.20. The topological polar surface area (TPSA) is 70.0 Å². The maximum absolute atomic E-state index is 12.6. The standard InChI is InChI=1S/C16H14N6O/c1-12-4-2-3-5-13(12)10-22-16(23)21-9-7-18-14(15(21)19-22)20-8-6-17-11-20/h2-9,11H,10H2,1H3. The predicted octanol–water partition coefficient (Wildman–Crippen LogP) is 1.43. The number of rotatable bonds is 3. The molecule has 0 aliphatic carbocycles. The van der Waals surface area contributed by atoms with Gasteiger partial charge in [-0.25, -0.2) is 23.8 Å². The van der Waals surface area contributed by atoms with Crippen LogP contribution in [0.5, 0.6) is 0 Å². The molecule has 0 spiro atoms. The molecule has 0 radical (unpaired) electrons. The Morgan fingerprint density at radius 2 is 2.00 bits per heavy atom. The van der Waals surface area contributed by atoms with Gasteiger partial charge in [0.05, 0.1) is 6.54 Å². The fourth-order valence-electron chi connectivity index (χ4n) is 2.55. The highest BCUT2D eigenvalue weighted by atomic mass is 16.2. The Kier molecular flexibility index (Phi) is 3.04. The van der Waals surface area contributed by atoms with Crippen LogP contribution in [0.3, 0.4) is 0 Å². The second-order valence-corrected chi connectivity index (χ2v) is 5.28. The van der Waals surface area contributed by atoms with Crippen LogP contribution in [0.15, 0.2) is 60.2 Å². The minimum absolute atomic E-state index is 0.188. The van der Waals surface area contributed by atoms with E-state index >= 15 is 0 Å². The summed E-state index contributed by atoms with van der Waals surface area (Å²) in [7, 11) is 0. The number of aromatic nitrogens is 6. The van der Waals surface area contributed by atoms with Crippen LogP contribution in [0, 0.1) is 6.92 Å². The van der Waals surface area contributed by atoms with Crippen molar-refractivity contribution in [2.45, 2.75) is 13.5 Å². The average molecular weight is 306 g/mol. The van der Waals surface area contributed by atoms with E-state index in [1.807, 2.05) is 31.2 Å². The summed E-state index contributed by atoms with van der Waals surface area (Å²) in [6, 6.07) is 7.96. The lowest BCUT2D eigenvalue weighted by Gasteiger charge is -2.03. The summed E-state index contributed by atoms with van der Waals surface area (Å²) in [4.78, 5) is 20.9. The molecule has 4 rings (SSSR count). The van der Waals surface area contributed by atoms with E-state index in [0.717, 1.165) is 11.1 Å². The number of imidazole rings is 1. The molecule has 0 amide bonds. The normalized spacial score (nSPS) is 11.2. The molecule has 3 heterocycles. The lowest BCUT2D eigenvalue weighted by Crippen LogP contribution is -2.22. The van der Waals surface area contributed by atoms with Gasteiger partial charge in [0.15, 0.2) is 5.82 Å². The molecule has 0 fully saturated rings. The molecule has 23 heavy (non-hydrogen) atoms. The van der Waals surface area contributed by atoms with Gasteiger partial charge < -0.3 is 0 Å². The third kappa shape index (κ3) is 2.22. The van der Waals surface area contributed by atoms with Crippen LogP contribution in [-0.2, 0) is 6.54 Å². The van der Waals surface area contributed by atoms with E-state index in [0.29, 0.717) is 18.0 Å². The van der Waals surface area contributed by atoms with E-state index < -0.39 is 0 Å². The number of fused-ring (bicyclic) bond motifs is 1. The van der Waals surface area contributed by atoms with Gasteiger partial charge in [-0.15, -0.1) is 5.10 Å². The molecule has 0 N–H and O–H groups in total. The van der Waals surface area contributed by atoms with Crippen LogP contribution < -0.4 is 5.69 Å². The van der Waals surface area contributed by atoms with Gasteiger partial charge in [0.1, 0.15) is 6.33 Å². The van der Waals surface area contributed by atoms with Crippen molar-refractivity contribution in [3.63, 3.8) is 0 Å². The average Bonchev–Trinajstić information content (AvgIpc) is 3.19. The molecular formula is C16H14N6O. The lowest BCUT2D eigenvalue weighted by atomic mass is 10.1. The highest BCUT2D eigenvalue weighted by Crippen LogP contribution is 2.11. The highest BCUT2D eigenvalue weighted by molar-refractivity contribution is 5.53. The minimum atomic E-state index is -0.188. The number of hydrogen-bond donors (Lipinski definition) is 0. The van der Waals surface area contributed by atoms with Gasteiger partial charge in [-0.05, 0) is 18.1 Å². The van der Waals surface area contributed by atoms with E-state index in [-0.39, 0.29) is 5.69 Å². The van der Waals surface area contributed by atoms with E-state index in [4.69, 9.17) is 0 Å². The largest absolute Gasteiger partial charge is 0.350 e. The summed E-state index contributed by atoms with van der Waals surface area (Å²) in [5.74, 6) is 0.575. The number of benzene rings is 1. The number of nitrogens with zero attached hydrogens (tertiary/aromatic N) is 6. The van der Waals surface area contributed by atoms with E-state index in [2.05, 4.69) is 15.1 Å². The smallest absolute Gasteiger partial charge is 0.287 e. The van der Waals surface area contributed by atoms with Crippen molar-refractivity contribution in [2.75, 3.05) is 0 Å². The molecular weight excluding hydrogens is 292 g/mol. The summed E-state index contributed by atoms with van der Waals surface area (Å²) in [6.07, 6.45) is 8.27. The van der Waals surface area contributed by atoms with Crippen molar-refractivity contribution >= 4 is 5.65 Å². The third-order valence-corrected chi connectivity index (χ3v) is 3.81. The molecule has 0 bridgehead atoms. The molecule has 3 aromatic heterocycles. The Morgan fingerprint density at radius 1 is 1.13 bits per heavy atom. The first-order valence-electron chi connectivity index (χ1n) is 7.21. The Bertz CT molecular complexity index is 1030. The molecule has 7 heteroatoms. The van der Waals surface area contributed by atoms with Crippen molar-refractivity contribution in [3.8, 4) is 5.82 Å². The van der Waals surface area contributed by atoms with Crippen LogP contribution >= 0.6 is 0 Å². The molecule has 0 aliphatic heterocycles. The summed E-state index contributed by atoms with van der Waals surface area (Å²) < 4.78 is 4.69. The molecule has 0 unspecified atom stereocenters. The fraction of sp³-hybridized carbons (Fsp3) is 0.125. The molecule has 0 aliphatic rings. The van der Waals surface area contributed by atoms with Crippen LogP contribution in [0.25, 0.3) is 11.5 Å². The van der Waals surface area contributed by atoms with Gasteiger partial charge in [-0.1, -0.05) is 24.3 Å². The molecule has 0 atom stereocenters. The molecule has 7 nitrogen and oxygen atoms in total. The first-order valence-corrected chi connectivity index (χ1v) is 7.21. The summed E-state index contributed by atoms with van der Waals surface area (Å²) >= 11 is 0. The molecule has 0 saturated carbocycles. The van der Waals surface area contributed by atoms with Crippen LogP contribution in [0.4, 0.5) is 0 Å². The van der Waals surface area contributed by atoms with Crippen molar-refractivity contribution < 1.29 is 0 Å². The van der Waals surface area contributed by atoms with Crippen molar-refractivity contribution in [2.24, 2.45) is 0 Å². The monoisotopic (exact) mass is 306 g/mol. The predicted molar refractivity (Wildman–Crippen MR) is 84.7 cm³/mol. The van der Waals surface area contributed by atoms with Gasteiger partial charge in [0, 0.05) is 24.8 Å². The van der Waals surface area contributed by atoms with Gasteiger partial charge >= 0.3 is 5.69 Å². The summed E-state index contributed by atoms with van der Waals surface area (Å²) in [5.41, 5.74) is 2.51. The van der Waals surface area contributed by atoms with Crippen molar-refractivity contribution in [3.05, 3.63) is 77.0 Å². The third-order valence-electron chi connectivity index (χ3n) is 3.81. The lowest BCUT2D eigenvalue weighted by molar-refractivity contribution is 0.656. The molecule has 114 valence electrons. The first-order chi connectivity index (χ1) is 11.2. The van der Waals surface area contributed by atoms with Crippen LogP contribution in [0.2, 0.25) is 0 Å². The van der Waals surface area contributed by atoms with Gasteiger partial charge in [-0.2, -0.15) is 0 Å². The van der Waals surface area contributed by atoms with Crippen molar-refractivity contribution in [1.82, 2.24) is 28.7 Å². The highest BCUT2D eigenvalue weighted by Gasteiger charge is 2.13. The van der Waals surface area contributed by atoms with Crippen LogP contribution in [-0.4, -0.2) is 28.7 Å². The Morgan fingerprint density at radius 3 is 2.78 bits per heavy atom. The molecule has 0 saturated heterocycles. The van der Waals surface area contributed by atoms with E-state index in [1.54, 1.807) is 35.7 Å². The Labute approximate surface area is 131 Å². The quantitative estimate of drug-likeness (QED) is 0.574. The zero-order valence-electron chi connectivity index (χ0n) is 12.5. The zero-order valence-corrected chi connectivity index (χ0v) is 12.5. The molecule has 4 aromatic rings. The second-order valence-electron chi connectivity index (χ2n) is 5.28. The summed E-state index contributed by atoms with van der Waals surface area (Å²) in [6.45, 7) is 2.45. The Hall–Kier alpha value is -3.22. The van der Waals surface area contributed by atoms with Crippen molar-refractivity contribution in [1.29, 1.82) is 0 Å². The van der Waals surface area contributed by atoms with E-state index in [9.17, 15) is 4.79 Å². The minimum Gasteiger partial charge on any atom is -0.287 e. The SMILES string of the molecule is Cc1ccccc1Cn1nc2c(-n3ccnc3)nccn2c1=O. The Balaban J connectivity index is 1.87. The zero-order chi connectivity index (χ0) is 15.8. The van der Waals surface area contributed by atoms with E-state index in [1.165, 1.54) is 9.08 Å². The number of aryl methyl sites for hydroxylation is 1. The van der Waals surface area contributed by atoms with Crippen LogP contribution in [0.1, 0.15) is 11.1 Å². The van der Waals surface area contributed by atoms with Gasteiger partial charge in [0.2, 0.25) is 5.65 Å². The summed E-state index contributed by atoms with van der Waals surface area (Å²) in [5, 5.41) is 4.46. The van der Waals surface area contributed by atoms with Gasteiger partial charge in [-0.3, -0.25) is 4.57 Å². The van der Waals surface area contributed by atoms with Gasteiger partial charge in [0.25, 0.3) is 0 Å². The maximum atomic E-state index is 12.6.